The summed E-state index contributed by atoms with van der Waals surface area (Å²) in [5.74, 6) is 0. The van der Waals surface area contributed by atoms with Gasteiger partial charge in [0.2, 0.25) is 6.08 Å². The van der Waals surface area contributed by atoms with Crippen LogP contribution in [-0.2, 0) is 23.2 Å². The zero-order valence-corrected chi connectivity index (χ0v) is 9.75. The van der Waals surface area contributed by atoms with E-state index in [1.165, 1.54) is 16.9 Å². The molecule has 2 nitrogen and oxygen atoms in total. The fourth-order valence-electron chi connectivity index (χ4n) is 2.26. The molecule has 1 aromatic rings. The molecule has 4 heteroatoms. The Morgan fingerprint density at radius 1 is 1.40 bits per heavy atom. The highest BCUT2D eigenvalue weighted by Crippen LogP contribution is 2.56. The topological polar surface area (TPSA) is 29.4 Å². The van der Waals surface area contributed by atoms with Crippen molar-refractivity contribution in [3.63, 3.8) is 0 Å². The first-order valence-corrected chi connectivity index (χ1v) is 6.36. The van der Waals surface area contributed by atoms with Crippen molar-refractivity contribution in [2.24, 2.45) is 4.99 Å². The molecule has 1 fully saturated rings. The van der Waals surface area contributed by atoms with Gasteiger partial charge in [0.05, 0.1) is 9.90 Å². The molecule has 15 heavy (non-hydrogen) atoms. The minimum Gasteiger partial charge on any atom is -0.211 e. The molecule has 3 rings (SSSR count). The lowest BCUT2D eigenvalue weighted by atomic mass is 10.2. The number of rotatable bonds is 2. The Kier molecular flexibility index (Phi) is 2.03. The summed E-state index contributed by atoms with van der Waals surface area (Å²) in [6.07, 6.45) is 7.02. The van der Waals surface area contributed by atoms with E-state index in [2.05, 4.69) is 4.99 Å². The predicted octanol–water partition coefficient (Wildman–Crippen LogP) is 3.22. The van der Waals surface area contributed by atoms with Crippen molar-refractivity contribution in [2.75, 3.05) is 0 Å². The van der Waals surface area contributed by atoms with Crippen LogP contribution in [0, 0.1) is 0 Å². The molecule has 2 aliphatic rings. The summed E-state index contributed by atoms with van der Waals surface area (Å²) >= 11 is 8.10. The first-order chi connectivity index (χ1) is 7.27. The van der Waals surface area contributed by atoms with Crippen LogP contribution in [0.2, 0.25) is 5.02 Å². The third-order valence-electron chi connectivity index (χ3n) is 3.26. The Morgan fingerprint density at radius 2 is 2.20 bits per heavy atom. The van der Waals surface area contributed by atoms with Crippen molar-refractivity contribution in [3.05, 3.63) is 20.3 Å². The second-order valence-electron chi connectivity index (χ2n) is 4.24. The maximum atomic E-state index is 10.4. The van der Waals surface area contributed by atoms with Crippen LogP contribution in [0.3, 0.4) is 0 Å². The second-order valence-corrected chi connectivity index (χ2v) is 5.72. The van der Waals surface area contributed by atoms with E-state index in [4.69, 9.17) is 11.6 Å². The van der Waals surface area contributed by atoms with Gasteiger partial charge in [0.1, 0.15) is 5.54 Å². The van der Waals surface area contributed by atoms with Crippen LogP contribution < -0.4 is 0 Å². The summed E-state index contributed by atoms with van der Waals surface area (Å²) in [6.45, 7) is 0. The quantitative estimate of drug-likeness (QED) is 0.576. The highest BCUT2D eigenvalue weighted by atomic mass is 35.5. The predicted molar refractivity (Wildman–Crippen MR) is 60.4 cm³/mol. The van der Waals surface area contributed by atoms with Crippen LogP contribution in [0.5, 0.6) is 0 Å². The summed E-state index contributed by atoms with van der Waals surface area (Å²) in [4.78, 5) is 16.8. The van der Waals surface area contributed by atoms with Crippen molar-refractivity contribution in [1.29, 1.82) is 0 Å². The van der Waals surface area contributed by atoms with Gasteiger partial charge in [0, 0.05) is 4.88 Å². The normalized spacial score (nSPS) is 20.9. The molecule has 0 atom stereocenters. The van der Waals surface area contributed by atoms with Gasteiger partial charge < -0.3 is 0 Å². The van der Waals surface area contributed by atoms with Gasteiger partial charge in [-0.1, -0.05) is 11.6 Å². The third-order valence-corrected chi connectivity index (χ3v) is 5.28. The number of halogens is 1. The number of hydrogen-bond acceptors (Lipinski definition) is 3. The molecular formula is C11H10ClNOS. The Labute approximate surface area is 97.0 Å². The molecule has 1 aromatic heterocycles. The Morgan fingerprint density at radius 3 is 2.80 bits per heavy atom. The number of thiophene rings is 1. The number of carbonyl (C=O) groups excluding carboxylic acids is 1. The van der Waals surface area contributed by atoms with Crippen molar-refractivity contribution in [1.82, 2.24) is 0 Å². The standard InChI is InChI=1S/C11H10ClNOS/c12-9-7-2-1-3-8(7)15-10(9)11(4-5-11)13-6-14/h1-5H2. The van der Waals surface area contributed by atoms with Crippen LogP contribution in [-0.4, -0.2) is 6.08 Å². The first kappa shape index (κ1) is 9.59. The summed E-state index contributed by atoms with van der Waals surface area (Å²) in [5.41, 5.74) is 1.03. The molecule has 0 spiro atoms. The molecule has 2 aliphatic carbocycles. The molecule has 0 aromatic carbocycles. The SMILES string of the molecule is O=C=NC1(c2sc3c(c2Cl)CCC3)CC1. The van der Waals surface area contributed by atoms with Crippen molar-refractivity contribution in [2.45, 2.75) is 37.6 Å². The molecule has 1 saturated carbocycles. The van der Waals surface area contributed by atoms with E-state index in [1.54, 1.807) is 17.4 Å². The summed E-state index contributed by atoms with van der Waals surface area (Å²) in [5, 5.41) is 0.879. The van der Waals surface area contributed by atoms with E-state index in [0.717, 1.165) is 35.6 Å². The maximum absolute atomic E-state index is 10.4. The fourth-order valence-corrected chi connectivity index (χ4v) is 4.29. The average molecular weight is 240 g/mol. The number of aliphatic imine (C=N–C) groups is 1. The molecule has 0 amide bonds. The summed E-state index contributed by atoms with van der Waals surface area (Å²) in [6, 6.07) is 0. The molecular weight excluding hydrogens is 230 g/mol. The molecule has 0 bridgehead atoms. The number of hydrogen-bond donors (Lipinski definition) is 0. The monoisotopic (exact) mass is 239 g/mol. The van der Waals surface area contributed by atoms with E-state index >= 15 is 0 Å². The molecule has 78 valence electrons. The lowest BCUT2D eigenvalue weighted by molar-refractivity contribution is 0.557. The lowest BCUT2D eigenvalue weighted by Gasteiger charge is -2.05. The fraction of sp³-hybridized carbons (Fsp3) is 0.545. The molecule has 0 unspecified atom stereocenters. The van der Waals surface area contributed by atoms with E-state index in [-0.39, 0.29) is 5.54 Å². The molecule has 0 aliphatic heterocycles. The van der Waals surface area contributed by atoms with Crippen LogP contribution in [0.1, 0.15) is 34.6 Å². The maximum Gasteiger partial charge on any atom is 0.235 e. The zero-order chi connectivity index (χ0) is 10.5. The van der Waals surface area contributed by atoms with Crippen LogP contribution in [0.15, 0.2) is 4.99 Å². The Balaban J connectivity index is 2.10. The van der Waals surface area contributed by atoms with Gasteiger partial charge in [-0.05, 0) is 37.7 Å². The van der Waals surface area contributed by atoms with Gasteiger partial charge in [-0.25, -0.2) is 4.79 Å². The third kappa shape index (κ3) is 1.31. The molecule has 0 saturated heterocycles. The number of isocyanates is 1. The molecule has 0 radical (unpaired) electrons. The van der Waals surface area contributed by atoms with Gasteiger partial charge in [0.25, 0.3) is 0 Å². The smallest absolute Gasteiger partial charge is 0.211 e. The minimum atomic E-state index is -0.284. The highest BCUT2D eigenvalue weighted by Gasteiger charge is 2.48. The van der Waals surface area contributed by atoms with Gasteiger partial charge in [-0.15, -0.1) is 11.3 Å². The van der Waals surface area contributed by atoms with Gasteiger partial charge in [-0.3, -0.25) is 0 Å². The summed E-state index contributed by atoms with van der Waals surface area (Å²) in [7, 11) is 0. The van der Waals surface area contributed by atoms with Crippen LogP contribution in [0.25, 0.3) is 0 Å². The highest BCUT2D eigenvalue weighted by molar-refractivity contribution is 7.13. The number of aryl methyl sites for hydroxylation is 1. The minimum absolute atomic E-state index is 0.284. The van der Waals surface area contributed by atoms with Gasteiger partial charge in [-0.2, -0.15) is 4.99 Å². The summed E-state index contributed by atoms with van der Waals surface area (Å²) < 4.78 is 0. The Bertz CT molecular complexity index is 469. The van der Waals surface area contributed by atoms with E-state index in [0.29, 0.717) is 0 Å². The van der Waals surface area contributed by atoms with Crippen LogP contribution >= 0.6 is 22.9 Å². The van der Waals surface area contributed by atoms with E-state index in [1.807, 2.05) is 0 Å². The van der Waals surface area contributed by atoms with Gasteiger partial charge in [0.15, 0.2) is 0 Å². The first-order valence-electron chi connectivity index (χ1n) is 5.16. The Hall–Kier alpha value is -0.630. The zero-order valence-electron chi connectivity index (χ0n) is 8.18. The molecule has 1 heterocycles. The number of nitrogens with zero attached hydrogens (tertiary/aromatic N) is 1. The lowest BCUT2D eigenvalue weighted by Crippen LogP contribution is -1.99. The van der Waals surface area contributed by atoms with Crippen molar-refractivity contribution >= 4 is 29.0 Å². The van der Waals surface area contributed by atoms with Crippen molar-refractivity contribution in [3.8, 4) is 0 Å². The van der Waals surface area contributed by atoms with E-state index < -0.39 is 0 Å². The number of fused-ring (bicyclic) bond motifs is 1. The van der Waals surface area contributed by atoms with Crippen LogP contribution in [0.4, 0.5) is 0 Å². The second kappa shape index (κ2) is 3.18. The molecule has 0 N–H and O–H groups in total. The van der Waals surface area contributed by atoms with E-state index in [9.17, 15) is 4.79 Å². The largest absolute Gasteiger partial charge is 0.235 e. The average Bonchev–Trinajstić information content (AvgIpc) is 2.74. The van der Waals surface area contributed by atoms with Crippen molar-refractivity contribution < 1.29 is 4.79 Å². The van der Waals surface area contributed by atoms with Gasteiger partial charge >= 0.3 is 0 Å².